The Morgan fingerprint density at radius 2 is 2.27 bits per heavy atom. The maximum Gasteiger partial charge on any atom is 0.273 e. The predicted molar refractivity (Wildman–Crippen MR) is 52.8 cm³/mol. The SMILES string of the molecule is NC(=O)COc1cc([N+](=O)[O-])ccc1Cl. The summed E-state index contributed by atoms with van der Waals surface area (Å²) in [6.07, 6.45) is 0. The zero-order chi connectivity index (χ0) is 11.4. The molecule has 0 atom stereocenters. The molecular weight excluding hydrogens is 224 g/mol. The van der Waals surface area contributed by atoms with Crippen molar-refractivity contribution < 1.29 is 14.5 Å². The lowest BCUT2D eigenvalue weighted by atomic mass is 10.3. The summed E-state index contributed by atoms with van der Waals surface area (Å²) in [6.45, 7) is -0.374. The number of benzene rings is 1. The van der Waals surface area contributed by atoms with Gasteiger partial charge < -0.3 is 10.5 Å². The molecule has 0 spiro atoms. The minimum Gasteiger partial charge on any atom is -0.482 e. The van der Waals surface area contributed by atoms with E-state index < -0.39 is 10.8 Å². The number of nitrogens with two attached hydrogens (primary N) is 1. The summed E-state index contributed by atoms with van der Waals surface area (Å²) in [5, 5.41) is 10.6. The number of non-ortho nitro benzene ring substituents is 1. The van der Waals surface area contributed by atoms with Gasteiger partial charge in [-0.1, -0.05) is 11.6 Å². The number of hydrogen-bond acceptors (Lipinski definition) is 4. The van der Waals surface area contributed by atoms with Crippen LogP contribution in [0.2, 0.25) is 5.02 Å². The van der Waals surface area contributed by atoms with Crippen molar-refractivity contribution in [2.45, 2.75) is 0 Å². The van der Waals surface area contributed by atoms with Crippen LogP contribution in [-0.4, -0.2) is 17.4 Å². The first-order chi connectivity index (χ1) is 7.00. The van der Waals surface area contributed by atoms with Crippen molar-refractivity contribution in [3.63, 3.8) is 0 Å². The summed E-state index contributed by atoms with van der Waals surface area (Å²) in [5.41, 5.74) is 4.68. The molecule has 15 heavy (non-hydrogen) atoms. The topological polar surface area (TPSA) is 95.5 Å². The number of nitro groups is 1. The maximum absolute atomic E-state index is 10.4. The Labute approximate surface area is 89.7 Å². The third kappa shape index (κ3) is 3.10. The summed E-state index contributed by atoms with van der Waals surface area (Å²) in [4.78, 5) is 20.3. The van der Waals surface area contributed by atoms with Crippen LogP contribution in [0.3, 0.4) is 0 Å². The fourth-order valence-corrected chi connectivity index (χ4v) is 1.04. The average molecular weight is 231 g/mol. The Morgan fingerprint density at radius 3 is 2.80 bits per heavy atom. The predicted octanol–water partition coefficient (Wildman–Crippen LogP) is 1.11. The van der Waals surface area contributed by atoms with Crippen molar-refractivity contribution in [2.75, 3.05) is 6.61 Å². The van der Waals surface area contributed by atoms with Crippen LogP contribution in [0.4, 0.5) is 5.69 Å². The Morgan fingerprint density at radius 1 is 1.60 bits per heavy atom. The molecule has 0 aromatic heterocycles. The lowest BCUT2D eigenvalue weighted by Gasteiger charge is -2.04. The fraction of sp³-hybridized carbons (Fsp3) is 0.125. The molecule has 0 bridgehead atoms. The molecule has 0 radical (unpaired) electrons. The van der Waals surface area contributed by atoms with Gasteiger partial charge >= 0.3 is 0 Å². The number of nitro benzene ring substituents is 1. The molecule has 1 amide bonds. The molecule has 1 rings (SSSR count). The first-order valence-corrected chi connectivity index (χ1v) is 4.23. The van der Waals surface area contributed by atoms with Gasteiger partial charge in [0.1, 0.15) is 5.75 Å². The van der Waals surface area contributed by atoms with E-state index in [1.807, 2.05) is 0 Å². The quantitative estimate of drug-likeness (QED) is 0.619. The summed E-state index contributed by atoms with van der Waals surface area (Å²) in [7, 11) is 0. The molecule has 0 saturated carbocycles. The van der Waals surface area contributed by atoms with Crippen LogP contribution in [0.25, 0.3) is 0 Å². The number of carbonyl (C=O) groups is 1. The summed E-state index contributed by atoms with van der Waals surface area (Å²) in [6, 6.07) is 3.68. The van der Waals surface area contributed by atoms with Crippen molar-refractivity contribution in [2.24, 2.45) is 5.73 Å². The lowest BCUT2D eigenvalue weighted by Crippen LogP contribution is -2.20. The van der Waals surface area contributed by atoms with Crippen molar-refractivity contribution >= 4 is 23.2 Å². The highest BCUT2D eigenvalue weighted by atomic mass is 35.5. The van der Waals surface area contributed by atoms with E-state index in [0.717, 1.165) is 6.07 Å². The van der Waals surface area contributed by atoms with Crippen LogP contribution < -0.4 is 10.5 Å². The van der Waals surface area contributed by atoms with Gasteiger partial charge in [-0.25, -0.2) is 0 Å². The van der Waals surface area contributed by atoms with Gasteiger partial charge in [0.05, 0.1) is 16.0 Å². The van der Waals surface area contributed by atoms with Crippen LogP contribution in [0.1, 0.15) is 0 Å². The fourth-order valence-electron chi connectivity index (χ4n) is 0.865. The molecule has 0 heterocycles. The maximum atomic E-state index is 10.4. The van der Waals surface area contributed by atoms with Crippen molar-refractivity contribution in [1.82, 2.24) is 0 Å². The number of nitrogens with zero attached hydrogens (tertiary/aromatic N) is 1. The molecular formula is C8H7ClN2O4. The second-order valence-corrected chi connectivity index (χ2v) is 3.03. The molecule has 0 fully saturated rings. The zero-order valence-electron chi connectivity index (χ0n) is 7.47. The molecule has 0 aliphatic carbocycles. The number of amides is 1. The minimum absolute atomic E-state index is 0.0599. The van der Waals surface area contributed by atoms with E-state index in [2.05, 4.69) is 0 Å². The highest BCUT2D eigenvalue weighted by Gasteiger charge is 2.11. The summed E-state index contributed by atoms with van der Waals surface area (Å²) >= 11 is 5.68. The van der Waals surface area contributed by atoms with E-state index in [4.69, 9.17) is 22.1 Å². The molecule has 80 valence electrons. The van der Waals surface area contributed by atoms with Gasteiger partial charge in [-0.15, -0.1) is 0 Å². The molecule has 6 nitrogen and oxygen atoms in total. The molecule has 0 saturated heterocycles. The largest absolute Gasteiger partial charge is 0.482 e. The average Bonchev–Trinajstić information content (AvgIpc) is 2.16. The van der Waals surface area contributed by atoms with Crippen LogP contribution >= 0.6 is 11.6 Å². The second-order valence-electron chi connectivity index (χ2n) is 2.63. The molecule has 1 aromatic carbocycles. The van der Waals surface area contributed by atoms with E-state index in [9.17, 15) is 14.9 Å². The smallest absolute Gasteiger partial charge is 0.273 e. The zero-order valence-corrected chi connectivity index (χ0v) is 8.23. The van der Waals surface area contributed by atoms with E-state index >= 15 is 0 Å². The third-order valence-corrected chi connectivity index (χ3v) is 1.81. The number of primary amides is 1. The van der Waals surface area contributed by atoms with Gasteiger partial charge in [0.2, 0.25) is 0 Å². The van der Waals surface area contributed by atoms with Crippen molar-refractivity contribution in [1.29, 1.82) is 0 Å². The first kappa shape index (κ1) is 11.3. The molecule has 2 N–H and O–H groups in total. The number of rotatable bonds is 4. The number of carbonyl (C=O) groups excluding carboxylic acids is 1. The monoisotopic (exact) mass is 230 g/mol. The highest BCUT2D eigenvalue weighted by Crippen LogP contribution is 2.28. The van der Waals surface area contributed by atoms with Gasteiger partial charge in [-0.3, -0.25) is 14.9 Å². The Kier molecular flexibility index (Phi) is 3.46. The van der Waals surface area contributed by atoms with Crippen LogP contribution in [0.15, 0.2) is 18.2 Å². The second kappa shape index (κ2) is 4.61. The summed E-state index contributed by atoms with van der Waals surface area (Å²) < 4.78 is 4.88. The molecule has 7 heteroatoms. The van der Waals surface area contributed by atoms with Gasteiger partial charge in [-0.2, -0.15) is 0 Å². The first-order valence-electron chi connectivity index (χ1n) is 3.85. The Hall–Kier alpha value is -1.82. The van der Waals surface area contributed by atoms with Gasteiger partial charge in [0.15, 0.2) is 6.61 Å². The van der Waals surface area contributed by atoms with Gasteiger partial charge in [0.25, 0.3) is 11.6 Å². The molecule has 0 aliphatic heterocycles. The molecule has 1 aromatic rings. The van der Waals surface area contributed by atoms with Crippen molar-refractivity contribution in [3.05, 3.63) is 33.3 Å². The van der Waals surface area contributed by atoms with E-state index in [-0.39, 0.29) is 23.1 Å². The number of hydrogen-bond donors (Lipinski definition) is 1. The highest BCUT2D eigenvalue weighted by molar-refractivity contribution is 6.32. The standard InChI is InChI=1S/C8H7ClN2O4/c9-6-2-1-5(11(13)14)3-7(6)15-4-8(10)12/h1-3H,4H2,(H2,10,12). The van der Waals surface area contributed by atoms with E-state index in [1.54, 1.807) is 0 Å². The number of ether oxygens (including phenoxy) is 1. The van der Waals surface area contributed by atoms with Crippen LogP contribution in [0.5, 0.6) is 5.75 Å². The van der Waals surface area contributed by atoms with Gasteiger partial charge in [0, 0.05) is 6.07 Å². The Balaban J connectivity index is 2.90. The lowest BCUT2D eigenvalue weighted by molar-refractivity contribution is -0.384. The van der Waals surface area contributed by atoms with Crippen molar-refractivity contribution in [3.8, 4) is 5.75 Å². The van der Waals surface area contributed by atoms with Crippen LogP contribution in [-0.2, 0) is 4.79 Å². The van der Waals surface area contributed by atoms with E-state index in [1.165, 1.54) is 12.1 Å². The normalized spacial score (nSPS) is 9.67. The van der Waals surface area contributed by atoms with Gasteiger partial charge in [-0.05, 0) is 6.07 Å². The number of halogens is 1. The Bertz CT molecular complexity index is 408. The van der Waals surface area contributed by atoms with E-state index in [0.29, 0.717) is 0 Å². The molecule has 0 unspecified atom stereocenters. The summed E-state index contributed by atoms with van der Waals surface area (Å²) in [5.74, 6) is -0.623. The molecule has 0 aliphatic rings. The third-order valence-electron chi connectivity index (χ3n) is 1.50. The minimum atomic E-state index is -0.683. The van der Waals surface area contributed by atoms with Crippen LogP contribution in [0, 0.1) is 10.1 Å².